The van der Waals surface area contributed by atoms with Gasteiger partial charge in [-0.3, -0.25) is 14.2 Å². The topological polar surface area (TPSA) is 66.1 Å². The number of ketones is 1. The molecule has 0 aliphatic rings. The molecule has 0 atom stereocenters. The first-order valence-electron chi connectivity index (χ1n) is 8.66. The molecular formula is C22H19N3O2S. The number of nitriles is 1. The van der Waals surface area contributed by atoms with Gasteiger partial charge in [0.25, 0.3) is 5.56 Å². The molecule has 0 amide bonds. The molecule has 6 heteroatoms. The number of benzene rings is 2. The zero-order valence-corrected chi connectivity index (χ0v) is 16.4. The van der Waals surface area contributed by atoms with E-state index in [4.69, 9.17) is 5.26 Å². The van der Waals surface area contributed by atoms with Crippen LogP contribution in [0.4, 0.5) is 5.69 Å². The second kappa shape index (κ2) is 8.51. The Kier molecular flexibility index (Phi) is 5.87. The summed E-state index contributed by atoms with van der Waals surface area (Å²) in [4.78, 5) is 27.4. The van der Waals surface area contributed by atoms with E-state index in [0.717, 1.165) is 11.3 Å². The van der Waals surface area contributed by atoms with Crippen LogP contribution in [-0.4, -0.2) is 24.4 Å². The van der Waals surface area contributed by atoms with Crippen LogP contribution in [0.1, 0.15) is 15.9 Å². The maximum absolute atomic E-state index is 12.9. The highest BCUT2D eigenvalue weighted by Crippen LogP contribution is 2.12. The lowest BCUT2D eigenvalue weighted by Gasteiger charge is -2.11. The summed E-state index contributed by atoms with van der Waals surface area (Å²) in [6, 6.07) is 18.6. The molecule has 0 aliphatic carbocycles. The number of hydrogen-bond donors (Lipinski definition) is 0. The molecule has 1 heterocycles. The van der Waals surface area contributed by atoms with Crippen LogP contribution in [0, 0.1) is 11.3 Å². The third-order valence-corrected chi connectivity index (χ3v) is 5.29. The summed E-state index contributed by atoms with van der Waals surface area (Å²) >= 11 is 1.21. The quantitative estimate of drug-likeness (QED) is 0.626. The van der Waals surface area contributed by atoms with Crippen molar-refractivity contribution in [3.05, 3.63) is 85.3 Å². The lowest BCUT2D eigenvalue weighted by atomic mass is 10.1. The van der Waals surface area contributed by atoms with E-state index in [0.29, 0.717) is 14.8 Å². The van der Waals surface area contributed by atoms with Gasteiger partial charge in [-0.15, -0.1) is 11.3 Å². The van der Waals surface area contributed by atoms with E-state index in [1.165, 1.54) is 22.0 Å². The molecule has 5 nitrogen and oxygen atoms in total. The van der Waals surface area contributed by atoms with Crippen LogP contribution in [0.25, 0.3) is 12.2 Å². The number of carbonyl (C=O) groups is 1. The number of Topliss-reactive ketones (excluding diaryl/α,β-unsaturated/α-hetero) is 1. The van der Waals surface area contributed by atoms with E-state index >= 15 is 0 Å². The minimum Gasteiger partial charge on any atom is -0.378 e. The molecule has 3 aromatic rings. The third-order valence-electron chi connectivity index (χ3n) is 4.23. The number of hydrogen-bond acceptors (Lipinski definition) is 5. The lowest BCUT2D eigenvalue weighted by molar-refractivity contribution is 0.0970. The summed E-state index contributed by atoms with van der Waals surface area (Å²) in [5.41, 5.74) is 2.21. The third kappa shape index (κ3) is 4.27. The SMILES string of the molecule is CN(C)c1ccc(C=c2sc(=CC#N)n(CC(=O)c3ccccc3)c2=O)cc1. The van der Waals surface area contributed by atoms with Gasteiger partial charge in [0.15, 0.2) is 5.78 Å². The Morgan fingerprint density at radius 3 is 2.43 bits per heavy atom. The normalized spacial score (nSPS) is 12.0. The first kappa shape index (κ1) is 19.3. The molecule has 3 rings (SSSR count). The smallest absolute Gasteiger partial charge is 0.269 e. The Labute approximate surface area is 166 Å². The largest absolute Gasteiger partial charge is 0.378 e. The van der Waals surface area contributed by atoms with Crippen molar-refractivity contribution < 1.29 is 4.79 Å². The fourth-order valence-electron chi connectivity index (χ4n) is 2.73. The van der Waals surface area contributed by atoms with Crippen LogP contribution in [0.2, 0.25) is 0 Å². The summed E-state index contributed by atoms with van der Waals surface area (Å²) in [5, 5.41) is 9.05. The van der Waals surface area contributed by atoms with Gasteiger partial charge < -0.3 is 4.90 Å². The number of nitrogens with zero attached hydrogens (tertiary/aromatic N) is 3. The van der Waals surface area contributed by atoms with Crippen LogP contribution in [0.3, 0.4) is 0 Å². The first-order valence-corrected chi connectivity index (χ1v) is 9.48. The summed E-state index contributed by atoms with van der Waals surface area (Å²) in [6.45, 7) is -0.0970. The van der Waals surface area contributed by atoms with Gasteiger partial charge in [-0.2, -0.15) is 5.26 Å². The monoisotopic (exact) mass is 389 g/mol. The lowest BCUT2D eigenvalue weighted by Crippen LogP contribution is -2.34. The number of carbonyl (C=O) groups excluding carboxylic acids is 1. The average Bonchev–Trinajstić information content (AvgIpc) is 2.98. The van der Waals surface area contributed by atoms with Crippen molar-refractivity contribution in [3.8, 4) is 6.07 Å². The maximum atomic E-state index is 12.9. The zero-order valence-electron chi connectivity index (χ0n) is 15.6. The van der Waals surface area contributed by atoms with Crippen molar-refractivity contribution in [3.63, 3.8) is 0 Å². The fourth-order valence-corrected chi connectivity index (χ4v) is 3.71. The molecule has 0 radical (unpaired) electrons. The highest BCUT2D eigenvalue weighted by atomic mass is 32.1. The highest BCUT2D eigenvalue weighted by Gasteiger charge is 2.11. The summed E-state index contributed by atoms with van der Waals surface area (Å²) in [7, 11) is 3.93. The average molecular weight is 389 g/mol. The second-order valence-corrected chi connectivity index (χ2v) is 7.45. The predicted molar refractivity (Wildman–Crippen MR) is 113 cm³/mol. The second-order valence-electron chi connectivity index (χ2n) is 6.39. The molecule has 1 aromatic heterocycles. The van der Waals surface area contributed by atoms with Gasteiger partial charge >= 0.3 is 0 Å². The van der Waals surface area contributed by atoms with Gasteiger partial charge in [-0.25, -0.2) is 0 Å². The Morgan fingerprint density at radius 1 is 1.14 bits per heavy atom. The van der Waals surface area contributed by atoms with Crippen LogP contribution in [0.15, 0.2) is 59.4 Å². The first-order chi connectivity index (χ1) is 13.5. The van der Waals surface area contributed by atoms with E-state index in [2.05, 4.69) is 0 Å². The van der Waals surface area contributed by atoms with E-state index in [1.54, 1.807) is 30.3 Å². The van der Waals surface area contributed by atoms with E-state index in [-0.39, 0.29) is 17.9 Å². The highest BCUT2D eigenvalue weighted by molar-refractivity contribution is 7.07. The summed E-state index contributed by atoms with van der Waals surface area (Å²) in [6.07, 6.45) is 3.08. The van der Waals surface area contributed by atoms with Gasteiger partial charge in [0.05, 0.1) is 17.1 Å². The molecule has 0 saturated heterocycles. The standard InChI is InChI=1S/C22H19N3O2S/c1-24(2)18-10-8-16(9-11-18)14-20-22(27)25(21(28-20)12-13-23)15-19(26)17-6-4-3-5-7-17/h3-12,14H,15H2,1-2H3. The molecule has 140 valence electrons. The minimum atomic E-state index is -0.271. The van der Waals surface area contributed by atoms with E-state index < -0.39 is 0 Å². The molecule has 0 fully saturated rings. The van der Waals surface area contributed by atoms with E-state index in [9.17, 15) is 9.59 Å². The van der Waals surface area contributed by atoms with Crippen LogP contribution < -0.4 is 19.7 Å². The van der Waals surface area contributed by atoms with Gasteiger partial charge in [0, 0.05) is 31.4 Å². The Hall–Kier alpha value is -3.43. The van der Waals surface area contributed by atoms with Gasteiger partial charge in [-0.1, -0.05) is 42.5 Å². The molecule has 0 bridgehead atoms. The van der Waals surface area contributed by atoms with Crippen molar-refractivity contribution >= 4 is 35.0 Å². The van der Waals surface area contributed by atoms with Gasteiger partial charge in [-0.05, 0) is 23.8 Å². The Bertz CT molecular complexity index is 1200. The molecule has 0 aliphatic heterocycles. The Morgan fingerprint density at radius 2 is 1.82 bits per heavy atom. The van der Waals surface area contributed by atoms with Crippen molar-refractivity contribution in [2.45, 2.75) is 6.54 Å². The number of anilines is 1. The Balaban J connectivity index is 2.02. The number of aromatic nitrogens is 1. The maximum Gasteiger partial charge on any atom is 0.269 e. The number of rotatable bonds is 5. The summed E-state index contributed by atoms with van der Waals surface area (Å²) in [5.74, 6) is -0.171. The molecule has 0 spiro atoms. The predicted octanol–water partition coefficient (Wildman–Crippen LogP) is 1.99. The van der Waals surface area contributed by atoms with Crippen LogP contribution in [-0.2, 0) is 6.54 Å². The molecule has 0 unspecified atom stereocenters. The van der Waals surface area contributed by atoms with Gasteiger partial charge in [0.1, 0.15) is 4.66 Å². The number of thiazole rings is 1. The zero-order chi connectivity index (χ0) is 20.1. The molecule has 0 N–H and O–H groups in total. The fraction of sp³-hybridized carbons (Fsp3) is 0.136. The van der Waals surface area contributed by atoms with Crippen LogP contribution >= 0.6 is 11.3 Å². The minimum absolute atomic E-state index is 0.0970. The van der Waals surface area contributed by atoms with Crippen molar-refractivity contribution in [1.29, 1.82) is 5.26 Å². The van der Waals surface area contributed by atoms with Crippen molar-refractivity contribution in [2.24, 2.45) is 0 Å². The van der Waals surface area contributed by atoms with E-state index in [1.807, 2.05) is 55.4 Å². The molecule has 0 saturated carbocycles. The summed E-state index contributed by atoms with van der Waals surface area (Å²) < 4.78 is 2.32. The molecular weight excluding hydrogens is 370 g/mol. The molecule has 28 heavy (non-hydrogen) atoms. The van der Waals surface area contributed by atoms with Crippen LogP contribution in [0.5, 0.6) is 0 Å². The molecule has 2 aromatic carbocycles. The van der Waals surface area contributed by atoms with Crippen molar-refractivity contribution in [1.82, 2.24) is 4.57 Å². The van der Waals surface area contributed by atoms with Gasteiger partial charge in [0.2, 0.25) is 0 Å². The van der Waals surface area contributed by atoms with Crippen molar-refractivity contribution in [2.75, 3.05) is 19.0 Å².